The summed E-state index contributed by atoms with van der Waals surface area (Å²) in [4.78, 5) is 0. The Morgan fingerprint density at radius 1 is 0.950 bits per heavy atom. The third kappa shape index (κ3) is 4.00. The molecular weight excluding hydrogens is 250 g/mol. The van der Waals surface area contributed by atoms with Gasteiger partial charge in [0.25, 0.3) is 0 Å². The van der Waals surface area contributed by atoms with Gasteiger partial charge in [-0.2, -0.15) is 0 Å². The lowest BCUT2D eigenvalue weighted by atomic mass is 10.1. The van der Waals surface area contributed by atoms with Crippen LogP contribution in [0.1, 0.15) is 18.5 Å². The van der Waals surface area contributed by atoms with Crippen molar-refractivity contribution in [2.75, 3.05) is 20.3 Å². The minimum absolute atomic E-state index is 0.135. The van der Waals surface area contributed by atoms with Gasteiger partial charge in [-0.25, -0.2) is 0 Å². The molecular formula is C17H21NO2. The van der Waals surface area contributed by atoms with E-state index in [2.05, 4.69) is 17.4 Å². The minimum atomic E-state index is 0.135. The average molecular weight is 271 g/mol. The molecule has 0 aliphatic carbocycles. The maximum Gasteiger partial charge on any atom is 0.119 e. The zero-order valence-electron chi connectivity index (χ0n) is 12.0. The van der Waals surface area contributed by atoms with Crippen LogP contribution in [0.3, 0.4) is 0 Å². The third-order valence-electron chi connectivity index (χ3n) is 3.08. The van der Waals surface area contributed by atoms with Crippen LogP contribution in [0.2, 0.25) is 0 Å². The summed E-state index contributed by atoms with van der Waals surface area (Å²) in [5.74, 6) is 1.78. The van der Waals surface area contributed by atoms with Crippen molar-refractivity contribution in [3.05, 3.63) is 60.2 Å². The summed E-state index contributed by atoms with van der Waals surface area (Å²) in [5.41, 5.74) is 1.16. The van der Waals surface area contributed by atoms with Gasteiger partial charge in [-0.3, -0.25) is 0 Å². The molecule has 0 saturated carbocycles. The second-order valence-corrected chi connectivity index (χ2v) is 4.47. The van der Waals surface area contributed by atoms with Crippen molar-refractivity contribution >= 4 is 0 Å². The van der Waals surface area contributed by atoms with Crippen LogP contribution in [0.5, 0.6) is 11.5 Å². The Balaban J connectivity index is 2.02. The molecule has 1 N–H and O–H groups in total. The fraction of sp³-hybridized carbons (Fsp3) is 0.294. The molecule has 0 aliphatic heterocycles. The number of hydrogen-bond acceptors (Lipinski definition) is 3. The lowest BCUT2D eigenvalue weighted by molar-refractivity contribution is 0.272. The van der Waals surface area contributed by atoms with Crippen molar-refractivity contribution in [1.82, 2.24) is 5.32 Å². The van der Waals surface area contributed by atoms with Gasteiger partial charge in [0.15, 0.2) is 0 Å². The highest BCUT2D eigenvalue weighted by Gasteiger charge is 2.11. The van der Waals surface area contributed by atoms with E-state index in [0.29, 0.717) is 13.2 Å². The molecule has 0 fully saturated rings. The summed E-state index contributed by atoms with van der Waals surface area (Å²) in [6.45, 7) is 3.24. The molecule has 0 aliphatic rings. The number of para-hydroxylation sites is 1. The molecule has 20 heavy (non-hydrogen) atoms. The van der Waals surface area contributed by atoms with E-state index in [1.54, 1.807) is 0 Å². The second kappa shape index (κ2) is 7.56. The van der Waals surface area contributed by atoms with Gasteiger partial charge in [0, 0.05) is 0 Å². The van der Waals surface area contributed by atoms with Crippen LogP contribution in [0.15, 0.2) is 54.6 Å². The predicted molar refractivity (Wildman–Crippen MR) is 81.3 cm³/mol. The topological polar surface area (TPSA) is 30.5 Å². The fourth-order valence-electron chi connectivity index (χ4n) is 2.03. The first kappa shape index (κ1) is 14.4. The molecule has 2 aromatic rings. The van der Waals surface area contributed by atoms with Crippen molar-refractivity contribution in [1.29, 1.82) is 0 Å². The van der Waals surface area contributed by atoms with Crippen LogP contribution in [-0.2, 0) is 0 Å². The molecule has 0 amide bonds. The summed E-state index contributed by atoms with van der Waals surface area (Å²) in [5, 5.41) is 3.28. The predicted octanol–water partition coefficient (Wildman–Crippen LogP) is 3.42. The van der Waals surface area contributed by atoms with E-state index in [-0.39, 0.29) is 6.04 Å². The molecule has 3 nitrogen and oxygen atoms in total. The maximum absolute atomic E-state index is 5.81. The van der Waals surface area contributed by atoms with E-state index in [1.807, 2.05) is 56.4 Å². The Kier molecular flexibility index (Phi) is 5.44. The van der Waals surface area contributed by atoms with Gasteiger partial charge in [-0.15, -0.1) is 0 Å². The summed E-state index contributed by atoms with van der Waals surface area (Å²) in [6.07, 6.45) is 0. The van der Waals surface area contributed by atoms with E-state index >= 15 is 0 Å². The summed E-state index contributed by atoms with van der Waals surface area (Å²) >= 11 is 0. The molecule has 2 rings (SSSR count). The van der Waals surface area contributed by atoms with E-state index in [4.69, 9.17) is 9.47 Å². The van der Waals surface area contributed by atoms with Crippen LogP contribution in [0, 0.1) is 0 Å². The smallest absolute Gasteiger partial charge is 0.119 e. The highest BCUT2D eigenvalue weighted by atomic mass is 16.5. The Bertz CT molecular complexity index is 513. The minimum Gasteiger partial charge on any atom is -0.494 e. The van der Waals surface area contributed by atoms with Crippen LogP contribution in [-0.4, -0.2) is 20.3 Å². The van der Waals surface area contributed by atoms with Crippen molar-refractivity contribution in [2.45, 2.75) is 13.0 Å². The number of hydrogen-bond donors (Lipinski definition) is 1. The maximum atomic E-state index is 5.81. The molecule has 0 bridgehead atoms. The lowest BCUT2D eigenvalue weighted by Gasteiger charge is -2.18. The van der Waals surface area contributed by atoms with E-state index in [1.165, 1.54) is 0 Å². The van der Waals surface area contributed by atoms with Gasteiger partial charge in [-0.05, 0) is 43.8 Å². The molecule has 0 heterocycles. The van der Waals surface area contributed by atoms with Gasteiger partial charge in [0.2, 0.25) is 0 Å². The van der Waals surface area contributed by atoms with Crippen molar-refractivity contribution in [3.8, 4) is 11.5 Å². The zero-order valence-corrected chi connectivity index (χ0v) is 12.0. The zero-order chi connectivity index (χ0) is 14.2. The van der Waals surface area contributed by atoms with Crippen molar-refractivity contribution in [3.63, 3.8) is 0 Å². The average Bonchev–Trinajstić information content (AvgIpc) is 2.50. The molecule has 2 aromatic carbocycles. The van der Waals surface area contributed by atoms with Crippen molar-refractivity contribution < 1.29 is 9.47 Å². The molecule has 1 atom stereocenters. The van der Waals surface area contributed by atoms with Gasteiger partial charge in [-0.1, -0.05) is 30.3 Å². The fourth-order valence-corrected chi connectivity index (χ4v) is 2.03. The van der Waals surface area contributed by atoms with Gasteiger partial charge in [0.1, 0.15) is 18.1 Å². The van der Waals surface area contributed by atoms with Gasteiger partial charge >= 0.3 is 0 Å². The second-order valence-electron chi connectivity index (χ2n) is 4.47. The quantitative estimate of drug-likeness (QED) is 0.837. The molecule has 0 saturated heterocycles. The number of benzene rings is 2. The molecule has 0 spiro atoms. The monoisotopic (exact) mass is 271 g/mol. The van der Waals surface area contributed by atoms with Gasteiger partial charge < -0.3 is 14.8 Å². The normalized spacial score (nSPS) is 11.9. The van der Waals surface area contributed by atoms with E-state index in [9.17, 15) is 0 Å². The standard InChI is InChI=1S/C17H21NO2/c1-3-19-16-11-7-8-14(12-16)17(18-2)13-20-15-9-5-4-6-10-15/h4-12,17-18H,3,13H2,1-2H3. The highest BCUT2D eigenvalue weighted by Crippen LogP contribution is 2.20. The first-order valence-electron chi connectivity index (χ1n) is 6.91. The van der Waals surface area contributed by atoms with Crippen LogP contribution in [0.4, 0.5) is 0 Å². The number of likely N-dealkylation sites (N-methyl/N-ethyl adjacent to an activating group) is 1. The van der Waals surface area contributed by atoms with Crippen LogP contribution >= 0.6 is 0 Å². The summed E-state index contributed by atoms with van der Waals surface area (Å²) in [7, 11) is 1.94. The molecule has 0 radical (unpaired) electrons. The summed E-state index contributed by atoms with van der Waals surface area (Å²) < 4.78 is 11.3. The first-order chi connectivity index (χ1) is 9.83. The van der Waals surface area contributed by atoms with Gasteiger partial charge in [0.05, 0.1) is 12.6 Å². The van der Waals surface area contributed by atoms with E-state index < -0.39 is 0 Å². The number of ether oxygens (including phenoxy) is 2. The lowest BCUT2D eigenvalue weighted by Crippen LogP contribution is -2.23. The Morgan fingerprint density at radius 2 is 1.70 bits per heavy atom. The third-order valence-corrected chi connectivity index (χ3v) is 3.08. The Labute approximate surface area is 120 Å². The molecule has 1 unspecified atom stereocenters. The van der Waals surface area contributed by atoms with Crippen molar-refractivity contribution in [2.24, 2.45) is 0 Å². The number of rotatable bonds is 7. The summed E-state index contributed by atoms with van der Waals surface area (Å²) in [6, 6.07) is 18.1. The molecule has 3 heteroatoms. The Morgan fingerprint density at radius 3 is 2.40 bits per heavy atom. The molecule has 106 valence electrons. The number of nitrogens with one attached hydrogen (secondary N) is 1. The van der Waals surface area contributed by atoms with Crippen LogP contribution in [0.25, 0.3) is 0 Å². The Hall–Kier alpha value is -2.00. The van der Waals surface area contributed by atoms with Crippen LogP contribution < -0.4 is 14.8 Å². The van der Waals surface area contributed by atoms with E-state index in [0.717, 1.165) is 17.1 Å². The first-order valence-corrected chi connectivity index (χ1v) is 6.91. The SMILES string of the molecule is CCOc1cccc(C(COc2ccccc2)NC)c1. The molecule has 0 aromatic heterocycles. The largest absolute Gasteiger partial charge is 0.494 e. The highest BCUT2D eigenvalue weighted by molar-refractivity contribution is 5.31.